The number of nitrogens with two attached hydrogens (primary N) is 1. The van der Waals surface area contributed by atoms with Gasteiger partial charge in [-0.3, -0.25) is 15.0 Å². The highest BCUT2D eigenvalue weighted by atomic mass is 19.2. The van der Waals surface area contributed by atoms with E-state index in [-0.39, 0.29) is 25.9 Å². The number of carboxylic acids is 1. The standard InChI is InChI=1S/C21H36F2N4O7/c1-3-4-5-6-7-8-15(30)33-11-13(29)9-10-14-16(26-12(2)28)17(27-20(24)25)18(22)21(23,34-14)19(31)32/h13-14,16-18,29H,3-11H2,1-2H3,(H,26,28)(H,31,32)(H4,24,25,27)/t13-,14?,16?,17?,18?,21+/m0/s1. The summed E-state index contributed by atoms with van der Waals surface area (Å²) in [7, 11) is 0. The largest absolute Gasteiger partial charge is 0.477 e. The first kappa shape index (κ1) is 29.5. The van der Waals surface area contributed by atoms with E-state index in [4.69, 9.17) is 20.6 Å². The van der Waals surface area contributed by atoms with Crippen molar-refractivity contribution in [1.82, 2.24) is 10.6 Å². The first-order valence-electron chi connectivity index (χ1n) is 11.4. The van der Waals surface area contributed by atoms with Gasteiger partial charge in [0.2, 0.25) is 5.91 Å². The zero-order valence-electron chi connectivity index (χ0n) is 19.5. The molecule has 1 aliphatic heterocycles. The number of carboxylic acid groups (broad SMARTS) is 1. The molecule has 1 heterocycles. The highest BCUT2D eigenvalue weighted by Gasteiger charge is 2.61. The first-order chi connectivity index (χ1) is 15.9. The summed E-state index contributed by atoms with van der Waals surface area (Å²) in [5.74, 6) is -7.88. The fourth-order valence-electron chi connectivity index (χ4n) is 3.74. The Morgan fingerprint density at radius 2 is 1.85 bits per heavy atom. The third kappa shape index (κ3) is 9.01. The molecule has 0 radical (unpaired) electrons. The van der Waals surface area contributed by atoms with E-state index in [0.717, 1.165) is 32.6 Å². The molecule has 0 aromatic heterocycles. The SMILES string of the molecule is CCCCCCCC(=O)OC[C@@H](O)CCC1O[C@@](F)(C(=O)O)C(F)C(NC(=N)N)C1NC(C)=O. The molecule has 0 aromatic rings. The van der Waals surface area contributed by atoms with Crippen LogP contribution in [0.25, 0.3) is 0 Å². The van der Waals surface area contributed by atoms with Gasteiger partial charge in [0.15, 0.2) is 12.1 Å². The molecule has 0 spiro atoms. The zero-order valence-corrected chi connectivity index (χ0v) is 19.5. The fraction of sp³-hybridized carbons (Fsp3) is 0.810. The highest BCUT2D eigenvalue weighted by Crippen LogP contribution is 2.35. The Balaban J connectivity index is 2.76. The number of ether oxygens (including phenoxy) is 2. The van der Waals surface area contributed by atoms with Crippen molar-refractivity contribution in [3.8, 4) is 0 Å². The molecule has 11 nitrogen and oxygen atoms in total. The Bertz CT molecular complexity index is 715. The maximum Gasteiger partial charge on any atom is 0.372 e. The minimum Gasteiger partial charge on any atom is -0.477 e. The molecule has 13 heteroatoms. The van der Waals surface area contributed by atoms with E-state index in [1.807, 2.05) is 0 Å². The monoisotopic (exact) mass is 494 g/mol. The lowest BCUT2D eigenvalue weighted by Gasteiger charge is -2.45. The number of hydrogen-bond donors (Lipinski definition) is 6. The van der Waals surface area contributed by atoms with Gasteiger partial charge in [0.25, 0.3) is 0 Å². The molecule has 4 unspecified atom stereocenters. The lowest BCUT2D eigenvalue weighted by atomic mass is 9.87. The van der Waals surface area contributed by atoms with Crippen LogP contribution in [0.15, 0.2) is 0 Å². The predicted octanol–water partition coefficient (Wildman–Crippen LogP) is 0.875. The molecule has 1 fully saturated rings. The second-order valence-electron chi connectivity index (χ2n) is 8.40. The number of carbonyl (C=O) groups is 3. The molecule has 1 amide bonds. The van der Waals surface area contributed by atoms with Crippen LogP contribution in [0.1, 0.15) is 65.2 Å². The molecule has 6 atom stereocenters. The number of hydrogen-bond acceptors (Lipinski definition) is 7. The van der Waals surface area contributed by atoms with Gasteiger partial charge in [-0.05, 0) is 19.3 Å². The molecule has 1 saturated heterocycles. The van der Waals surface area contributed by atoms with Gasteiger partial charge < -0.3 is 36.1 Å². The smallest absolute Gasteiger partial charge is 0.372 e. The van der Waals surface area contributed by atoms with E-state index >= 15 is 0 Å². The minimum absolute atomic E-state index is 0.135. The normalized spacial score (nSPS) is 27.4. The Kier molecular flexibility index (Phi) is 12.1. The maximum atomic E-state index is 14.9. The van der Waals surface area contributed by atoms with Crippen LogP contribution in [0.5, 0.6) is 0 Å². The molecule has 196 valence electrons. The number of alkyl halides is 2. The van der Waals surface area contributed by atoms with Crippen molar-refractivity contribution < 1.29 is 42.9 Å². The van der Waals surface area contributed by atoms with Gasteiger partial charge in [0.1, 0.15) is 6.61 Å². The van der Waals surface area contributed by atoms with E-state index < -0.39 is 60.1 Å². The van der Waals surface area contributed by atoms with Gasteiger partial charge in [-0.1, -0.05) is 32.6 Å². The lowest BCUT2D eigenvalue weighted by molar-refractivity contribution is -0.259. The van der Waals surface area contributed by atoms with Gasteiger partial charge in [0.05, 0.1) is 24.3 Å². The van der Waals surface area contributed by atoms with Crippen LogP contribution >= 0.6 is 0 Å². The van der Waals surface area contributed by atoms with E-state index in [1.165, 1.54) is 0 Å². The fourth-order valence-corrected chi connectivity index (χ4v) is 3.74. The number of guanidine groups is 1. The summed E-state index contributed by atoms with van der Waals surface area (Å²) < 4.78 is 39.7. The summed E-state index contributed by atoms with van der Waals surface area (Å²) >= 11 is 0. The van der Waals surface area contributed by atoms with E-state index in [2.05, 4.69) is 17.6 Å². The molecular weight excluding hydrogens is 458 g/mol. The van der Waals surface area contributed by atoms with Crippen LogP contribution in [-0.2, 0) is 23.9 Å². The van der Waals surface area contributed by atoms with E-state index in [0.29, 0.717) is 6.42 Å². The van der Waals surface area contributed by atoms with E-state index in [1.54, 1.807) is 0 Å². The summed E-state index contributed by atoms with van der Waals surface area (Å²) in [4.78, 5) is 34.8. The second kappa shape index (κ2) is 14.0. The van der Waals surface area contributed by atoms with Crippen LogP contribution in [0.2, 0.25) is 0 Å². The molecule has 0 bridgehead atoms. The molecule has 0 aromatic carbocycles. The number of aliphatic hydroxyl groups is 1. The Morgan fingerprint density at radius 3 is 2.41 bits per heavy atom. The minimum atomic E-state index is -3.78. The van der Waals surface area contributed by atoms with Gasteiger partial charge in [0, 0.05) is 13.3 Å². The van der Waals surface area contributed by atoms with Gasteiger partial charge >= 0.3 is 17.8 Å². The molecule has 0 aliphatic carbocycles. The zero-order chi connectivity index (χ0) is 25.9. The number of unbranched alkanes of at least 4 members (excludes halogenated alkanes) is 4. The number of rotatable bonds is 14. The highest BCUT2D eigenvalue weighted by molar-refractivity contribution is 5.79. The number of esters is 1. The summed E-state index contributed by atoms with van der Waals surface area (Å²) in [5, 5.41) is 31.2. The van der Waals surface area contributed by atoms with Crippen LogP contribution in [0.3, 0.4) is 0 Å². The van der Waals surface area contributed by atoms with Crippen LogP contribution in [0.4, 0.5) is 8.78 Å². The molecular formula is C21H36F2N4O7. The Morgan fingerprint density at radius 1 is 1.21 bits per heavy atom. The van der Waals surface area contributed by atoms with Crippen molar-refractivity contribution >= 4 is 23.8 Å². The lowest BCUT2D eigenvalue weighted by Crippen LogP contribution is -2.72. The average molecular weight is 495 g/mol. The van der Waals surface area contributed by atoms with Crippen molar-refractivity contribution in [2.75, 3.05) is 6.61 Å². The van der Waals surface area contributed by atoms with Crippen molar-refractivity contribution in [1.29, 1.82) is 5.41 Å². The van der Waals surface area contributed by atoms with Crippen molar-refractivity contribution in [3.05, 3.63) is 0 Å². The Labute approximate surface area is 197 Å². The molecule has 1 aliphatic rings. The summed E-state index contributed by atoms with van der Waals surface area (Å²) in [6.45, 7) is 2.85. The number of halogens is 2. The first-order valence-corrected chi connectivity index (χ1v) is 11.4. The molecule has 34 heavy (non-hydrogen) atoms. The van der Waals surface area contributed by atoms with Crippen LogP contribution in [0, 0.1) is 5.41 Å². The topological polar surface area (TPSA) is 184 Å². The molecule has 7 N–H and O–H groups in total. The molecule has 1 rings (SSSR count). The second-order valence-corrected chi connectivity index (χ2v) is 8.40. The third-order valence-corrected chi connectivity index (χ3v) is 5.47. The van der Waals surface area contributed by atoms with Crippen LogP contribution < -0.4 is 16.4 Å². The van der Waals surface area contributed by atoms with Crippen molar-refractivity contribution in [2.45, 2.75) is 102 Å². The summed E-state index contributed by atoms with van der Waals surface area (Å²) in [6, 6.07) is -3.04. The van der Waals surface area contributed by atoms with Gasteiger partial charge in [-0.25, -0.2) is 9.18 Å². The Hall–Kier alpha value is -2.54. The number of carbonyl (C=O) groups excluding carboxylic acids is 2. The number of aliphatic hydroxyl groups excluding tert-OH is 1. The number of aliphatic carboxylic acids is 1. The predicted molar refractivity (Wildman–Crippen MR) is 117 cm³/mol. The number of nitrogens with one attached hydrogen (secondary N) is 3. The number of amides is 1. The third-order valence-electron chi connectivity index (χ3n) is 5.47. The maximum absolute atomic E-state index is 14.9. The van der Waals surface area contributed by atoms with Crippen LogP contribution in [-0.4, -0.2) is 76.9 Å². The molecule has 0 saturated carbocycles. The van der Waals surface area contributed by atoms with Crippen molar-refractivity contribution in [3.63, 3.8) is 0 Å². The van der Waals surface area contributed by atoms with Gasteiger partial charge in [-0.15, -0.1) is 0 Å². The summed E-state index contributed by atoms with van der Waals surface area (Å²) in [6.07, 6.45) is -0.787. The van der Waals surface area contributed by atoms with Gasteiger partial charge in [-0.2, -0.15) is 4.39 Å². The van der Waals surface area contributed by atoms with Crippen molar-refractivity contribution in [2.24, 2.45) is 5.73 Å². The van der Waals surface area contributed by atoms with E-state index in [9.17, 15) is 33.4 Å². The average Bonchev–Trinajstić information content (AvgIpc) is 2.75. The quantitative estimate of drug-likeness (QED) is 0.0882. The summed E-state index contributed by atoms with van der Waals surface area (Å²) in [5.41, 5.74) is 5.23.